The molecule has 0 aliphatic carbocycles. The molecule has 0 saturated heterocycles. The maximum atomic E-state index is 13.3. The molecule has 0 saturated carbocycles. The van der Waals surface area contributed by atoms with Crippen molar-refractivity contribution in [2.75, 3.05) is 13.6 Å². The number of aromatic amines is 1. The summed E-state index contributed by atoms with van der Waals surface area (Å²) in [5.74, 6) is 5.15. The van der Waals surface area contributed by atoms with Gasteiger partial charge in [0.15, 0.2) is 0 Å². The largest absolute Gasteiger partial charge is 0.334 e. The van der Waals surface area contributed by atoms with Crippen molar-refractivity contribution in [3.63, 3.8) is 0 Å². The minimum atomic E-state index is -0.453. The summed E-state index contributed by atoms with van der Waals surface area (Å²) in [5, 5.41) is 6.39. The van der Waals surface area contributed by atoms with E-state index < -0.39 is 5.82 Å². The Kier molecular flexibility index (Phi) is 4.64. The van der Waals surface area contributed by atoms with Gasteiger partial charge in [-0.15, -0.1) is 0 Å². The summed E-state index contributed by atoms with van der Waals surface area (Å²) in [5.41, 5.74) is 5.94. The van der Waals surface area contributed by atoms with Crippen molar-refractivity contribution >= 4 is 5.91 Å². The van der Waals surface area contributed by atoms with E-state index in [-0.39, 0.29) is 19.0 Å². The average Bonchev–Trinajstić information content (AvgIpc) is 2.97. The number of benzene rings is 1. The summed E-state index contributed by atoms with van der Waals surface area (Å²) in [6, 6.07) is 3.86. The van der Waals surface area contributed by atoms with E-state index in [4.69, 9.17) is 5.73 Å². The monoisotopic (exact) mass is 287 g/mol. The first-order valence-electron chi connectivity index (χ1n) is 6.20. The number of hydrogen-bond donors (Lipinski definition) is 2. The fourth-order valence-corrected chi connectivity index (χ4v) is 1.76. The molecule has 3 N–H and O–H groups in total. The standard InChI is InChI=1S/C14H14FN5O/c1-20(8-13-17-9-18-19-13)14(21)12-5-4-11(15)7-10(12)3-2-6-16/h4-5,7,9H,6,8,16H2,1H3,(H,17,18,19). The lowest BCUT2D eigenvalue weighted by Crippen LogP contribution is -2.27. The predicted molar refractivity (Wildman–Crippen MR) is 74.5 cm³/mol. The number of carbonyl (C=O) groups excluding carboxylic acids is 1. The molecule has 1 heterocycles. The van der Waals surface area contributed by atoms with E-state index >= 15 is 0 Å². The predicted octanol–water partition coefficient (Wildman–Crippen LogP) is 0.526. The third kappa shape index (κ3) is 3.64. The molecule has 0 radical (unpaired) electrons. The lowest BCUT2D eigenvalue weighted by Gasteiger charge is -2.16. The van der Waals surface area contributed by atoms with Crippen LogP contribution < -0.4 is 5.73 Å². The molecule has 7 heteroatoms. The molecule has 2 aromatic rings. The second-order valence-corrected chi connectivity index (χ2v) is 4.29. The van der Waals surface area contributed by atoms with Crippen molar-refractivity contribution in [3.8, 4) is 11.8 Å². The molecule has 2 rings (SSSR count). The Hall–Kier alpha value is -2.72. The molecule has 0 aliphatic rings. The first kappa shape index (κ1) is 14.7. The van der Waals surface area contributed by atoms with E-state index in [1.54, 1.807) is 7.05 Å². The molecule has 1 aromatic heterocycles. The van der Waals surface area contributed by atoms with Gasteiger partial charge in [0.25, 0.3) is 5.91 Å². The van der Waals surface area contributed by atoms with Gasteiger partial charge in [0.1, 0.15) is 18.0 Å². The quantitative estimate of drug-likeness (QED) is 0.806. The molecular formula is C14H14FN5O. The van der Waals surface area contributed by atoms with Crippen LogP contribution in [0.5, 0.6) is 0 Å². The van der Waals surface area contributed by atoms with Crippen LogP contribution in [0.15, 0.2) is 24.5 Å². The van der Waals surface area contributed by atoms with Crippen molar-refractivity contribution in [2.24, 2.45) is 5.73 Å². The number of carbonyl (C=O) groups is 1. The molecule has 0 bridgehead atoms. The highest BCUT2D eigenvalue weighted by atomic mass is 19.1. The maximum Gasteiger partial charge on any atom is 0.255 e. The normalized spacial score (nSPS) is 9.86. The van der Waals surface area contributed by atoms with Crippen molar-refractivity contribution in [1.29, 1.82) is 0 Å². The topological polar surface area (TPSA) is 87.9 Å². The summed E-state index contributed by atoms with van der Waals surface area (Å²) < 4.78 is 13.3. The smallest absolute Gasteiger partial charge is 0.255 e. The summed E-state index contributed by atoms with van der Waals surface area (Å²) in [6.45, 7) is 0.401. The Morgan fingerprint density at radius 2 is 2.33 bits per heavy atom. The lowest BCUT2D eigenvalue weighted by atomic mass is 10.1. The highest BCUT2D eigenvalue weighted by molar-refractivity contribution is 5.96. The molecule has 21 heavy (non-hydrogen) atoms. The number of nitrogens with zero attached hydrogens (tertiary/aromatic N) is 3. The Balaban J connectivity index is 2.25. The zero-order chi connectivity index (χ0) is 15.2. The number of nitrogens with one attached hydrogen (secondary N) is 1. The van der Waals surface area contributed by atoms with E-state index in [9.17, 15) is 9.18 Å². The summed E-state index contributed by atoms with van der Waals surface area (Å²) in [4.78, 5) is 17.8. The zero-order valence-electron chi connectivity index (χ0n) is 11.4. The summed E-state index contributed by atoms with van der Waals surface area (Å²) in [6.07, 6.45) is 1.36. The highest BCUT2D eigenvalue weighted by Crippen LogP contribution is 2.13. The Labute approximate surface area is 121 Å². The molecule has 0 fully saturated rings. The number of amides is 1. The summed E-state index contributed by atoms with van der Waals surface area (Å²) in [7, 11) is 1.62. The number of hydrogen-bond acceptors (Lipinski definition) is 4. The van der Waals surface area contributed by atoms with Crippen LogP contribution in [0.2, 0.25) is 0 Å². The van der Waals surface area contributed by atoms with Gasteiger partial charge in [-0.3, -0.25) is 9.89 Å². The molecule has 0 aliphatic heterocycles. The van der Waals surface area contributed by atoms with Gasteiger partial charge in [0.2, 0.25) is 0 Å². The van der Waals surface area contributed by atoms with E-state index in [2.05, 4.69) is 27.0 Å². The van der Waals surface area contributed by atoms with Crippen LogP contribution in [0.3, 0.4) is 0 Å². The van der Waals surface area contributed by atoms with Gasteiger partial charge in [0, 0.05) is 12.6 Å². The average molecular weight is 287 g/mol. The summed E-state index contributed by atoms with van der Waals surface area (Å²) >= 11 is 0. The Bertz CT molecular complexity index is 687. The van der Waals surface area contributed by atoms with Crippen molar-refractivity contribution in [1.82, 2.24) is 20.1 Å². The van der Waals surface area contributed by atoms with Crippen molar-refractivity contribution < 1.29 is 9.18 Å². The lowest BCUT2D eigenvalue weighted by molar-refractivity contribution is 0.0781. The molecule has 1 amide bonds. The Morgan fingerprint density at radius 3 is 3.00 bits per heavy atom. The van der Waals surface area contributed by atoms with Crippen LogP contribution in [-0.4, -0.2) is 39.6 Å². The Morgan fingerprint density at radius 1 is 1.52 bits per heavy atom. The number of rotatable bonds is 3. The zero-order valence-corrected chi connectivity index (χ0v) is 11.4. The van der Waals surface area contributed by atoms with Crippen molar-refractivity contribution in [3.05, 3.63) is 47.3 Å². The number of halogens is 1. The van der Waals surface area contributed by atoms with Gasteiger partial charge in [-0.05, 0) is 18.2 Å². The number of nitrogens with two attached hydrogens (primary N) is 1. The third-order valence-electron chi connectivity index (χ3n) is 2.74. The van der Waals surface area contributed by atoms with Crippen LogP contribution in [0.4, 0.5) is 4.39 Å². The van der Waals surface area contributed by atoms with Crippen LogP contribution >= 0.6 is 0 Å². The van der Waals surface area contributed by atoms with Crippen molar-refractivity contribution in [2.45, 2.75) is 6.54 Å². The fourth-order valence-electron chi connectivity index (χ4n) is 1.76. The fraction of sp³-hybridized carbons (Fsp3) is 0.214. The molecule has 0 spiro atoms. The molecule has 0 unspecified atom stereocenters. The molecule has 108 valence electrons. The van der Waals surface area contributed by atoms with Gasteiger partial charge in [0.05, 0.1) is 18.7 Å². The van der Waals surface area contributed by atoms with E-state index in [0.717, 1.165) is 0 Å². The molecule has 6 nitrogen and oxygen atoms in total. The number of H-pyrrole nitrogens is 1. The molecule has 1 aromatic carbocycles. The third-order valence-corrected chi connectivity index (χ3v) is 2.74. The highest BCUT2D eigenvalue weighted by Gasteiger charge is 2.16. The SMILES string of the molecule is CN(Cc1ncn[nH]1)C(=O)c1ccc(F)cc1C#CCN. The van der Waals surface area contributed by atoms with Gasteiger partial charge < -0.3 is 10.6 Å². The van der Waals surface area contributed by atoms with Gasteiger partial charge >= 0.3 is 0 Å². The maximum absolute atomic E-state index is 13.3. The van der Waals surface area contributed by atoms with Crippen LogP contribution in [0, 0.1) is 17.7 Å². The van der Waals surface area contributed by atoms with Gasteiger partial charge in [-0.25, -0.2) is 9.37 Å². The minimum absolute atomic E-state index is 0.137. The first-order valence-corrected chi connectivity index (χ1v) is 6.20. The molecular weight excluding hydrogens is 273 g/mol. The van der Waals surface area contributed by atoms with Gasteiger partial charge in [-0.2, -0.15) is 5.10 Å². The minimum Gasteiger partial charge on any atom is -0.334 e. The van der Waals surface area contributed by atoms with E-state index in [1.165, 1.54) is 29.4 Å². The van der Waals surface area contributed by atoms with Crippen LogP contribution in [0.1, 0.15) is 21.7 Å². The van der Waals surface area contributed by atoms with Gasteiger partial charge in [-0.1, -0.05) is 11.8 Å². The van der Waals surface area contributed by atoms with Crippen LogP contribution in [0.25, 0.3) is 0 Å². The van der Waals surface area contributed by atoms with Crippen LogP contribution in [-0.2, 0) is 6.54 Å². The van der Waals surface area contributed by atoms with E-state index in [1.807, 2.05) is 0 Å². The van der Waals surface area contributed by atoms with E-state index in [0.29, 0.717) is 17.0 Å². The second kappa shape index (κ2) is 6.63. The second-order valence-electron chi connectivity index (χ2n) is 4.29. The number of aromatic nitrogens is 3. The molecule has 0 atom stereocenters. The first-order chi connectivity index (χ1) is 10.1.